The Balaban J connectivity index is 1.92. The summed E-state index contributed by atoms with van der Waals surface area (Å²) in [5, 5.41) is 10.4. The van der Waals surface area contributed by atoms with E-state index in [1.165, 1.54) is 0 Å². The third-order valence-electron chi connectivity index (χ3n) is 3.10. The third kappa shape index (κ3) is 2.04. The van der Waals surface area contributed by atoms with E-state index in [1.54, 1.807) is 0 Å². The van der Waals surface area contributed by atoms with Gasteiger partial charge in [-0.3, -0.25) is 10.1 Å². The molecule has 5 nitrogen and oxygen atoms in total. The molecule has 5 heteroatoms. The number of rotatable bonds is 3. The molecule has 1 heterocycles. The van der Waals surface area contributed by atoms with E-state index >= 15 is 0 Å². The van der Waals surface area contributed by atoms with Gasteiger partial charge in [0.05, 0.1) is 13.2 Å². The highest BCUT2D eigenvalue weighted by molar-refractivity contribution is 4.80. The van der Waals surface area contributed by atoms with E-state index in [-0.39, 0.29) is 29.6 Å². The van der Waals surface area contributed by atoms with Gasteiger partial charge in [0.25, 0.3) is 0 Å². The first-order valence-electron chi connectivity index (χ1n) is 5.12. The largest absolute Gasteiger partial charge is 0.350 e. The summed E-state index contributed by atoms with van der Waals surface area (Å²) in [6, 6.07) is 0. The van der Waals surface area contributed by atoms with Crippen LogP contribution in [0.5, 0.6) is 0 Å². The lowest BCUT2D eigenvalue weighted by atomic mass is 9.95. The average molecular weight is 201 g/mol. The van der Waals surface area contributed by atoms with Gasteiger partial charge in [-0.25, -0.2) is 0 Å². The number of ether oxygens (including phenoxy) is 2. The zero-order valence-corrected chi connectivity index (χ0v) is 8.05. The Morgan fingerprint density at radius 2 is 2.00 bits per heavy atom. The highest BCUT2D eigenvalue weighted by Crippen LogP contribution is 2.36. The van der Waals surface area contributed by atoms with Crippen molar-refractivity contribution < 1.29 is 14.4 Å². The van der Waals surface area contributed by atoms with Gasteiger partial charge in [0.15, 0.2) is 6.29 Å². The Labute approximate surface area is 82.5 Å². The number of hydrogen-bond donors (Lipinski definition) is 0. The summed E-state index contributed by atoms with van der Waals surface area (Å²) >= 11 is 0. The van der Waals surface area contributed by atoms with E-state index in [1.807, 2.05) is 0 Å². The number of nitrogens with zero attached hydrogens (tertiary/aromatic N) is 1. The fourth-order valence-corrected chi connectivity index (χ4v) is 2.47. The molecule has 0 bridgehead atoms. The van der Waals surface area contributed by atoms with Crippen molar-refractivity contribution in [2.24, 2.45) is 11.8 Å². The molecular formula is C9H15NO4. The smallest absolute Gasteiger partial charge is 0.207 e. The second kappa shape index (κ2) is 4.23. The van der Waals surface area contributed by atoms with Crippen LogP contribution in [0.2, 0.25) is 0 Å². The molecule has 0 aromatic heterocycles. The van der Waals surface area contributed by atoms with Crippen molar-refractivity contribution >= 4 is 0 Å². The second-order valence-corrected chi connectivity index (χ2v) is 3.98. The molecule has 0 unspecified atom stereocenters. The molecule has 2 atom stereocenters. The van der Waals surface area contributed by atoms with Gasteiger partial charge in [-0.15, -0.1) is 0 Å². The standard InChI is InChI=1S/C9H15NO4/c11-10(12)6-7-2-1-3-8(7)9-13-4-5-14-9/h7-9H,1-6H2/t7-,8+/m0/s1. The quantitative estimate of drug-likeness (QED) is 0.506. The maximum Gasteiger partial charge on any atom is 0.207 e. The van der Waals surface area contributed by atoms with Crippen LogP contribution in [-0.2, 0) is 9.47 Å². The van der Waals surface area contributed by atoms with Crippen molar-refractivity contribution in [1.29, 1.82) is 0 Å². The monoisotopic (exact) mass is 201 g/mol. The first-order valence-corrected chi connectivity index (χ1v) is 5.12. The highest BCUT2D eigenvalue weighted by Gasteiger charge is 2.39. The van der Waals surface area contributed by atoms with Crippen molar-refractivity contribution in [2.75, 3.05) is 19.8 Å². The van der Waals surface area contributed by atoms with Crippen LogP contribution in [-0.4, -0.2) is 31.0 Å². The molecule has 1 saturated carbocycles. The fourth-order valence-electron chi connectivity index (χ4n) is 2.47. The van der Waals surface area contributed by atoms with Gasteiger partial charge >= 0.3 is 0 Å². The molecule has 0 spiro atoms. The molecule has 0 radical (unpaired) electrons. The van der Waals surface area contributed by atoms with E-state index in [4.69, 9.17) is 9.47 Å². The van der Waals surface area contributed by atoms with Crippen LogP contribution < -0.4 is 0 Å². The molecule has 1 saturated heterocycles. The SMILES string of the molecule is O=[N+]([O-])C[C@@H]1CCC[C@H]1C1OCCO1. The summed E-state index contributed by atoms with van der Waals surface area (Å²) in [6.07, 6.45) is 2.83. The van der Waals surface area contributed by atoms with Crippen molar-refractivity contribution in [3.8, 4) is 0 Å². The summed E-state index contributed by atoms with van der Waals surface area (Å²) in [7, 11) is 0. The Bertz CT molecular complexity index is 215. The lowest BCUT2D eigenvalue weighted by molar-refractivity contribution is -0.490. The lowest BCUT2D eigenvalue weighted by Crippen LogP contribution is -2.29. The van der Waals surface area contributed by atoms with E-state index in [9.17, 15) is 10.1 Å². The van der Waals surface area contributed by atoms with Crippen LogP contribution >= 0.6 is 0 Å². The Hall–Kier alpha value is -0.680. The molecule has 1 aliphatic heterocycles. The van der Waals surface area contributed by atoms with Gasteiger partial charge < -0.3 is 9.47 Å². The summed E-state index contributed by atoms with van der Waals surface area (Å²) in [6.45, 7) is 1.33. The molecule has 14 heavy (non-hydrogen) atoms. The minimum absolute atomic E-state index is 0.0634. The van der Waals surface area contributed by atoms with Crippen LogP contribution in [0, 0.1) is 22.0 Å². The summed E-state index contributed by atoms with van der Waals surface area (Å²) in [5.74, 6) is 0.385. The van der Waals surface area contributed by atoms with Crippen molar-refractivity contribution in [2.45, 2.75) is 25.6 Å². The highest BCUT2D eigenvalue weighted by atomic mass is 16.7. The van der Waals surface area contributed by atoms with Crippen LogP contribution in [0.4, 0.5) is 0 Å². The van der Waals surface area contributed by atoms with E-state index in [2.05, 4.69) is 0 Å². The molecule has 80 valence electrons. The van der Waals surface area contributed by atoms with E-state index in [0.29, 0.717) is 13.2 Å². The number of nitro groups is 1. The Morgan fingerprint density at radius 1 is 1.29 bits per heavy atom. The van der Waals surface area contributed by atoms with Gasteiger partial charge in [-0.2, -0.15) is 0 Å². The topological polar surface area (TPSA) is 61.6 Å². The molecule has 0 amide bonds. The molecule has 0 N–H and O–H groups in total. The van der Waals surface area contributed by atoms with Crippen LogP contribution in [0.15, 0.2) is 0 Å². The minimum atomic E-state index is -0.224. The zero-order valence-electron chi connectivity index (χ0n) is 8.05. The maximum absolute atomic E-state index is 10.4. The van der Waals surface area contributed by atoms with Gasteiger partial charge in [0.2, 0.25) is 6.54 Å². The lowest BCUT2D eigenvalue weighted by Gasteiger charge is -2.21. The first-order chi connectivity index (χ1) is 6.77. The molecule has 2 rings (SSSR count). The van der Waals surface area contributed by atoms with Gasteiger partial charge in [0.1, 0.15) is 0 Å². The molecular weight excluding hydrogens is 186 g/mol. The van der Waals surface area contributed by atoms with Gasteiger partial charge in [0, 0.05) is 16.8 Å². The van der Waals surface area contributed by atoms with Gasteiger partial charge in [-0.1, -0.05) is 6.42 Å². The van der Waals surface area contributed by atoms with Gasteiger partial charge in [-0.05, 0) is 12.8 Å². The molecule has 0 aromatic rings. The molecule has 0 aromatic carbocycles. The Kier molecular flexibility index (Phi) is 2.98. The van der Waals surface area contributed by atoms with Crippen molar-refractivity contribution in [3.63, 3.8) is 0 Å². The zero-order chi connectivity index (χ0) is 9.97. The predicted molar refractivity (Wildman–Crippen MR) is 48.4 cm³/mol. The summed E-state index contributed by atoms with van der Waals surface area (Å²) in [4.78, 5) is 10.2. The first kappa shape index (κ1) is 9.86. The van der Waals surface area contributed by atoms with E-state index in [0.717, 1.165) is 19.3 Å². The predicted octanol–water partition coefficient (Wildman–Crippen LogP) is 1.05. The van der Waals surface area contributed by atoms with Crippen LogP contribution in [0.25, 0.3) is 0 Å². The molecule has 2 aliphatic rings. The van der Waals surface area contributed by atoms with Crippen LogP contribution in [0.3, 0.4) is 0 Å². The minimum Gasteiger partial charge on any atom is -0.350 e. The summed E-state index contributed by atoms with van der Waals surface area (Å²) < 4.78 is 10.8. The van der Waals surface area contributed by atoms with Crippen molar-refractivity contribution in [3.05, 3.63) is 10.1 Å². The molecule has 1 aliphatic carbocycles. The third-order valence-corrected chi connectivity index (χ3v) is 3.10. The normalized spacial score (nSPS) is 33.7. The van der Waals surface area contributed by atoms with Crippen molar-refractivity contribution in [1.82, 2.24) is 0 Å². The Morgan fingerprint density at radius 3 is 2.64 bits per heavy atom. The maximum atomic E-state index is 10.4. The second-order valence-electron chi connectivity index (χ2n) is 3.98. The molecule has 2 fully saturated rings. The fraction of sp³-hybridized carbons (Fsp3) is 1.00. The van der Waals surface area contributed by atoms with Crippen LogP contribution in [0.1, 0.15) is 19.3 Å². The van der Waals surface area contributed by atoms with E-state index < -0.39 is 0 Å². The average Bonchev–Trinajstić information content (AvgIpc) is 2.70. The summed E-state index contributed by atoms with van der Waals surface area (Å²) in [5.41, 5.74) is 0. The number of hydrogen-bond acceptors (Lipinski definition) is 4.